The molecular weight excluding hydrogens is 348 g/mol. The fourth-order valence-corrected chi connectivity index (χ4v) is 4.45. The molecule has 0 aromatic heterocycles. The van der Waals surface area contributed by atoms with E-state index in [0.29, 0.717) is 0 Å². The minimum Gasteiger partial charge on any atom is -0.0885 e. The Hall–Kier alpha value is -0.260. The predicted octanol–water partition coefficient (Wildman–Crippen LogP) is 10.8. The van der Waals surface area contributed by atoms with Gasteiger partial charge in [-0.25, -0.2) is 0 Å². The second kappa shape index (κ2) is 25.8. The van der Waals surface area contributed by atoms with Gasteiger partial charge in [0.15, 0.2) is 0 Å². The van der Waals surface area contributed by atoms with E-state index in [1.54, 1.807) is 0 Å². The monoisotopic (exact) mass is 404 g/mol. The van der Waals surface area contributed by atoms with Crippen LogP contribution in [0, 0.1) is 19.8 Å². The number of unbranched alkanes of at least 4 members (excludes halogenated alkanes) is 18. The van der Waals surface area contributed by atoms with Crippen molar-refractivity contribution in [3.8, 4) is 0 Å². The lowest BCUT2D eigenvalue weighted by molar-refractivity contribution is 0.394. The summed E-state index contributed by atoms with van der Waals surface area (Å²) in [5.41, 5.74) is 0. The van der Waals surface area contributed by atoms with E-state index in [1.165, 1.54) is 141 Å². The smallest absolute Gasteiger partial charge is 0.0316 e. The molecule has 2 radical (unpaired) electrons. The van der Waals surface area contributed by atoms with E-state index in [-0.39, 0.29) is 0 Å². The summed E-state index contributed by atoms with van der Waals surface area (Å²) < 4.78 is 0. The maximum Gasteiger partial charge on any atom is -0.0316 e. The van der Waals surface area contributed by atoms with E-state index in [9.17, 15) is 0 Å². The quantitative estimate of drug-likeness (QED) is 0.140. The summed E-state index contributed by atoms with van der Waals surface area (Å²) in [5.74, 6) is 0.996. The molecule has 0 aliphatic rings. The normalized spacial score (nSPS) is 12.8. The molecule has 0 aliphatic heterocycles. The molecule has 0 rings (SSSR count). The fourth-order valence-electron chi connectivity index (χ4n) is 4.45. The topological polar surface area (TPSA) is 0 Å². The van der Waals surface area contributed by atoms with Gasteiger partial charge in [0.1, 0.15) is 0 Å². The van der Waals surface area contributed by atoms with Crippen LogP contribution in [0.4, 0.5) is 0 Å². The average Bonchev–Trinajstić information content (AvgIpc) is 2.74. The maximum absolute atomic E-state index is 3.95. The lowest BCUT2D eigenvalue weighted by Gasteiger charge is -2.14. The lowest BCUT2D eigenvalue weighted by Crippen LogP contribution is -1.99. The molecule has 172 valence electrons. The average molecular weight is 405 g/mol. The molecule has 29 heavy (non-hydrogen) atoms. The Morgan fingerprint density at radius 2 is 0.931 bits per heavy atom. The Kier molecular flexibility index (Phi) is 25.5. The molecule has 1 unspecified atom stereocenters. The zero-order valence-electron chi connectivity index (χ0n) is 20.4. The van der Waals surface area contributed by atoms with Gasteiger partial charge in [0, 0.05) is 0 Å². The van der Waals surface area contributed by atoms with Crippen LogP contribution in [0.3, 0.4) is 0 Å². The highest BCUT2D eigenvalue weighted by atomic mass is 14.1. The van der Waals surface area contributed by atoms with Crippen LogP contribution in [0.5, 0.6) is 0 Å². The van der Waals surface area contributed by atoms with Crippen molar-refractivity contribution in [2.75, 3.05) is 0 Å². The van der Waals surface area contributed by atoms with Crippen molar-refractivity contribution in [3.05, 3.63) is 26.0 Å². The molecule has 0 spiro atoms. The molecule has 0 bridgehead atoms. The third-order valence-corrected chi connectivity index (χ3v) is 6.59. The van der Waals surface area contributed by atoms with Crippen LogP contribution in [-0.2, 0) is 0 Å². The molecule has 0 saturated heterocycles. The Morgan fingerprint density at radius 1 is 0.552 bits per heavy atom. The second-order valence-corrected chi connectivity index (χ2v) is 9.33. The summed E-state index contributed by atoms with van der Waals surface area (Å²) in [6, 6.07) is 0. The highest BCUT2D eigenvalue weighted by Crippen LogP contribution is 2.21. The molecule has 0 saturated carbocycles. The van der Waals surface area contributed by atoms with Gasteiger partial charge in [0.25, 0.3) is 0 Å². The molecule has 0 amide bonds. The van der Waals surface area contributed by atoms with E-state index in [1.807, 2.05) is 6.08 Å². The fraction of sp³-hybridized carbons (Fsp3) is 0.862. The first-order valence-electron chi connectivity index (χ1n) is 13.6. The Balaban J connectivity index is 3.17. The van der Waals surface area contributed by atoms with Crippen molar-refractivity contribution in [3.63, 3.8) is 0 Å². The third kappa shape index (κ3) is 23.9. The van der Waals surface area contributed by atoms with Crippen LogP contribution < -0.4 is 0 Å². The van der Waals surface area contributed by atoms with Crippen molar-refractivity contribution in [1.82, 2.24) is 0 Å². The van der Waals surface area contributed by atoms with Gasteiger partial charge in [-0.3, -0.25) is 0 Å². The Morgan fingerprint density at radius 3 is 1.31 bits per heavy atom. The molecule has 0 nitrogen and oxygen atoms in total. The molecule has 0 heteroatoms. The molecule has 0 heterocycles. The van der Waals surface area contributed by atoms with E-state index in [0.717, 1.165) is 12.3 Å². The summed E-state index contributed by atoms with van der Waals surface area (Å²) in [6.07, 6.45) is 36.8. The Labute approximate surface area is 186 Å². The van der Waals surface area contributed by atoms with Crippen molar-refractivity contribution in [2.45, 2.75) is 155 Å². The van der Waals surface area contributed by atoms with Crippen molar-refractivity contribution >= 4 is 0 Å². The van der Waals surface area contributed by atoms with Crippen LogP contribution in [-0.4, -0.2) is 0 Å². The molecule has 1 atom stereocenters. The first kappa shape index (κ1) is 28.7. The van der Waals surface area contributed by atoms with E-state index >= 15 is 0 Å². The van der Waals surface area contributed by atoms with Crippen molar-refractivity contribution in [1.29, 1.82) is 0 Å². The minimum absolute atomic E-state index is 0.996. The van der Waals surface area contributed by atoms with Gasteiger partial charge in [-0.2, -0.15) is 0 Å². The van der Waals surface area contributed by atoms with Gasteiger partial charge >= 0.3 is 0 Å². The predicted molar refractivity (Wildman–Crippen MR) is 135 cm³/mol. The number of rotatable bonds is 24. The zero-order chi connectivity index (χ0) is 21.3. The van der Waals surface area contributed by atoms with Crippen molar-refractivity contribution < 1.29 is 0 Å². The van der Waals surface area contributed by atoms with E-state index in [2.05, 4.69) is 26.8 Å². The van der Waals surface area contributed by atoms with Crippen molar-refractivity contribution in [2.24, 2.45) is 5.92 Å². The number of hydrogen-bond acceptors (Lipinski definition) is 0. The molecular formula is C29H56. The van der Waals surface area contributed by atoms with Gasteiger partial charge in [0.05, 0.1) is 0 Å². The summed E-state index contributed by atoms with van der Waals surface area (Å²) in [6.45, 7) is 10.1. The van der Waals surface area contributed by atoms with E-state index < -0.39 is 0 Å². The van der Waals surface area contributed by atoms with Gasteiger partial charge in [-0.15, -0.1) is 0 Å². The van der Waals surface area contributed by atoms with Gasteiger partial charge < -0.3 is 0 Å². The molecule has 0 fully saturated rings. The van der Waals surface area contributed by atoms with Crippen LogP contribution in [0.2, 0.25) is 0 Å². The van der Waals surface area contributed by atoms with Crippen LogP contribution in [0.15, 0.2) is 12.2 Å². The second-order valence-electron chi connectivity index (χ2n) is 9.33. The SMILES string of the molecule is [CH2]/C=C/CCCCCCCCCCCCCCCCCC(CC)CCCCC[CH2]. The number of hydrogen-bond donors (Lipinski definition) is 0. The van der Waals surface area contributed by atoms with Gasteiger partial charge in [-0.05, 0) is 25.7 Å². The summed E-state index contributed by atoms with van der Waals surface area (Å²) in [7, 11) is 0. The first-order chi connectivity index (χ1) is 14.3. The minimum atomic E-state index is 0.996. The highest BCUT2D eigenvalue weighted by molar-refractivity contribution is 4.83. The maximum atomic E-state index is 3.95. The summed E-state index contributed by atoms with van der Waals surface area (Å²) in [5, 5.41) is 0. The zero-order valence-corrected chi connectivity index (χ0v) is 20.4. The lowest BCUT2D eigenvalue weighted by atomic mass is 9.92. The molecule has 0 N–H and O–H groups in total. The Bertz CT molecular complexity index is 303. The summed E-state index contributed by atoms with van der Waals surface area (Å²) in [4.78, 5) is 0. The molecule has 0 aliphatic carbocycles. The van der Waals surface area contributed by atoms with Crippen LogP contribution >= 0.6 is 0 Å². The first-order valence-corrected chi connectivity index (χ1v) is 13.6. The third-order valence-electron chi connectivity index (χ3n) is 6.59. The van der Waals surface area contributed by atoms with Gasteiger partial charge in [0.2, 0.25) is 0 Å². The standard InChI is InChI=1S/C29H56/c1-4-7-9-11-12-13-14-15-16-17-18-19-20-21-22-23-24-26-28-29(6-3)27-25-10-8-5-2/h4,7,29H,1-2,5-6,8-28H2,3H3/b7-4+. The van der Waals surface area contributed by atoms with Crippen LogP contribution in [0.1, 0.15) is 155 Å². The molecule has 0 aromatic rings. The largest absolute Gasteiger partial charge is 0.0885 e. The number of allylic oxidation sites excluding steroid dienone is 2. The molecule has 0 aromatic carbocycles. The van der Waals surface area contributed by atoms with E-state index in [4.69, 9.17) is 0 Å². The highest BCUT2D eigenvalue weighted by Gasteiger charge is 2.05. The van der Waals surface area contributed by atoms with Crippen LogP contribution in [0.25, 0.3) is 0 Å². The van der Waals surface area contributed by atoms with Gasteiger partial charge in [-0.1, -0.05) is 161 Å². The summed E-state index contributed by atoms with van der Waals surface area (Å²) >= 11 is 0.